The number of carbonyl (C=O) groups is 2. The number of anilines is 1. The molecule has 2 amide bonds. The smallest absolute Gasteiger partial charge is 0.244 e. The van der Waals surface area contributed by atoms with Crippen LogP contribution in [0.5, 0.6) is 0 Å². The van der Waals surface area contributed by atoms with Crippen LogP contribution in [0.4, 0.5) is 14.6 Å². The number of fused-ring (bicyclic) bond motifs is 4. The van der Waals surface area contributed by atoms with Gasteiger partial charge in [0, 0.05) is 42.5 Å². The van der Waals surface area contributed by atoms with Gasteiger partial charge in [0.1, 0.15) is 23.0 Å². The molecule has 0 radical (unpaired) electrons. The molecule has 1 unspecified atom stereocenters. The monoisotopic (exact) mass is 733 g/mol. The van der Waals surface area contributed by atoms with Crippen LogP contribution in [0.25, 0.3) is 10.9 Å². The number of carbonyl (C=O) groups excluding carboxylic acids is 2. The summed E-state index contributed by atoms with van der Waals surface area (Å²) in [5.74, 6) is -0.615. The molecule has 2 atom stereocenters. The Balaban J connectivity index is 1.07. The number of hydrogen-bond acceptors (Lipinski definition) is 5. The SMILES string of the molecule is CCCCCCCCCCCN1CC(C)(c2cc(F)cc(F)c2)N(Cc2cnc3cc4c(cc3c2)C[C@@]2(C4)C(=O)Nc3ncccc32)C(=O)C12CCCC2. The Hall–Kier alpha value is -4.24. The molecule has 4 heterocycles. The van der Waals surface area contributed by atoms with E-state index in [1.54, 1.807) is 6.20 Å². The van der Waals surface area contributed by atoms with Gasteiger partial charge in [-0.25, -0.2) is 13.8 Å². The zero-order valence-electron chi connectivity index (χ0n) is 31.9. The molecule has 2 aliphatic heterocycles. The van der Waals surface area contributed by atoms with E-state index in [9.17, 15) is 13.6 Å². The largest absolute Gasteiger partial charge is 0.326 e. The molecular weight excluding hydrogens is 681 g/mol. The van der Waals surface area contributed by atoms with E-state index in [1.807, 2.05) is 30.2 Å². The molecule has 2 aliphatic carbocycles. The topological polar surface area (TPSA) is 78.4 Å². The van der Waals surface area contributed by atoms with Crippen LogP contribution < -0.4 is 5.32 Å². The fourth-order valence-corrected chi connectivity index (χ4v) is 10.2. The van der Waals surface area contributed by atoms with E-state index >= 15 is 4.79 Å². The number of pyridine rings is 2. The molecule has 2 aromatic carbocycles. The van der Waals surface area contributed by atoms with Gasteiger partial charge in [0.15, 0.2) is 0 Å². The first-order valence-corrected chi connectivity index (χ1v) is 20.4. The lowest BCUT2D eigenvalue weighted by molar-refractivity contribution is -0.167. The predicted octanol–water partition coefficient (Wildman–Crippen LogP) is 9.30. The lowest BCUT2D eigenvalue weighted by Crippen LogP contribution is -2.71. The maximum absolute atomic E-state index is 15.1. The van der Waals surface area contributed by atoms with Gasteiger partial charge in [-0.1, -0.05) is 77.2 Å². The molecule has 54 heavy (non-hydrogen) atoms. The average molecular weight is 734 g/mol. The summed E-state index contributed by atoms with van der Waals surface area (Å²) in [6.45, 7) is 5.80. The van der Waals surface area contributed by atoms with Crippen molar-refractivity contribution in [1.82, 2.24) is 19.8 Å². The molecule has 1 N–H and O–H groups in total. The first kappa shape index (κ1) is 36.7. The molecule has 4 aromatic rings. The third kappa shape index (κ3) is 6.50. The average Bonchev–Trinajstić information content (AvgIpc) is 3.87. The minimum Gasteiger partial charge on any atom is -0.326 e. The Morgan fingerprint density at radius 1 is 0.833 bits per heavy atom. The van der Waals surface area contributed by atoms with Crippen LogP contribution in [-0.2, 0) is 39.9 Å². The fourth-order valence-electron chi connectivity index (χ4n) is 10.2. The van der Waals surface area contributed by atoms with E-state index in [4.69, 9.17) is 4.98 Å². The van der Waals surface area contributed by atoms with Gasteiger partial charge in [-0.05, 0) is 104 Å². The maximum Gasteiger partial charge on any atom is 0.244 e. The predicted molar refractivity (Wildman–Crippen MR) is 208 cm³/mol. The van der Waals surface area contributed by atoms with Crippen molar-refractivity contribution in [2.24, 2.45) is 0 Å². The van der Waals surface area contributed by atoms with E-state index in [-0.39, 0.29) is 18.4 Å². The fraction of sp³-hybridized carbons (Fsp3) is 0.511. The maximum atomic E-state index is 15.1. The Kier molecular flexibility index (Phi) is 10.0. The standard InChI is InChI=1S/C45H53F2N5O2/c1-3-4-5-6-7-8-9-10-13-19-51-30-43(2,35-23-36(46)25-37(47)24-35)52(42(54)45(51)16-11-12-17-45)29-31-20-32-21-33-26-44(27-34(33)22-39(32)49-28-31)38-15-14-18-48-40(38)50-41(44)53/h14-15,18,20-25,28H,3-13,16-17,19,26-27,29-30H2,1-2H3,(H,48,50,53)/t43?,44-/m0/s1. The number of unbranched alkanes of at least 4 members (excludes halogenated alkanes) is 8. The van der Waals surface area contributed by atoms with Gasteiger partial charge < -0.3 is 10.2 Å². The second-order valence-electron chi connectivity index (χ2n) is 16.8. The highest BCUT2D eigenvalue weighted by molar-refractivity contribution is 6.06. The van der Waals surface area contributed by atoms with E-state index in [0.29, 0.717) is 30.8 Å². The van der Waals surface area contributed by atoms with Crippen molar-refractivity contribution in [2.75, 3.05) is 18.4 Å². The number of piperazine rings is 1. The number of nitrogens with zero attached hydrogens (tertiary/aromatic N) is 4. The number of aromatic nitrogens is 2. The Morgan fingerprint density at radius 2 is 1.52 bits per heavy atom. The molecular formula is C45H53F2N5O2. The van der Waals surface area contributed by atoms with Gasteiger partial charge in [0.05, 0.1) is 16.5 Å². The van der Waals surface area contributed by atoms with Gasteiger partial charge in [-0.2, -0.15) is 0 Å². The van der Waals surface area contributed by atoms with Crippen LogP contribution in [0.1, 0.15) is 125 Å². The summed E-state index contributed by atoms with van der Waals surface area (Å²) >= 11 is 0. The van der Waals surface area contributed by atoms with Crippen LogP contribution in [-0.4, -0.2) is 50.2 Å². The number of rotatable bonds is 13. The van der Waals surface area contributed by atoms with E-state index in [2.05, 4.69) is 40.3 Å². The second-order valence-corrected chi connectivity index (χ2v) is 16.8. The van der Waals surface area contributed by atoms with Gasteiger partial charge in [0.25, 0.3) is 0 Å². The molecule has 7 nitrogen and oxygen atoms in total. The highest BCUT2D eigenvalue weighted by Crippen LogP contribution is 2.49. The summed E-state index contributed by atoms with van der Waals surface area (Å²) in [7, 11) is 0. The number of halogens is 2. The summed E-state index contributed by atoms with van der Waals surface area (Å²) in [6.07, 6.45) is 19.3. The van der Waals surface area contributed by atoms with Gasteiger partial charge in [-0.15, -0.1) is 0 Å². The summed E-state index contributed by atoms with van der Waals surface area (Å²) in [5.41, 5.74) is 3.06. The van der Waals surface area contributed by atoms with Gasteiger partial charge >= 0.3 is 0 Å². The van der Waals surface area contributed by atoms with Crippen molar-refractivity contribution in [3.05, 3.63) is 100 Å². The summed E-state index contributed by atoms with van der Waals surface area (Å²) in [5, 5.41) is 3.93. The lowest BCUT2D eigenvalue weighted by atomic mass is 9.79. The van der Waals surface area contributed by atoms with E-state index in [1.165, 1.54) is 57.1 Å². The van der Waals surface area contributed by atoms with Crippen molar-refractivity contribution in [1.29, 1.82) is 0 Å². The molecule has 2 aromatic heterocycles. The van der Waals surface area contributed by atoms with Crippen molar-refractivity contribution in [3.63, 3.8) is 0 Å². The molecule has 2 fully saturated rings. The van der Waals surface area contributed by atoms with Crippen LogP contribution in [0.15, 0.2) is 60.9 Å². The Morgan fingerprint density at radius 3 is 2.24 bits per heavy atom. The molecule has 1 saturated carbocycles. The van der Waals surface area contributed by atoms with Gasteiger partial charge in [0.2, 0.25) is 11.8 Å². The molecule has 1 saturated heterocycles. The highest BCUT2D eigenvalue weighted by atomic mass is 19.1. The van der Waals surface area contributed by atoms with Gasteiger partial charge in [-0.3, -0.25) is 19.5 Å². The van der Waals surface area contributed by atoms with Crippen LogP contribution in [0.3, 0.4) is 0 Å². The van der Waals surface area contributed by atoms with Crippen molar-refractivity contribution >= 4 is 28.5 Å². The number of nitrogens with one attached hydrogen (secondary N) is 1. The van der Waals surface area contributed by atoms with Crippen LogP contribution in [0.2, 0.25) is 0 Å². The molecule has 4 aliphatic rings. The second kappa shape index (κ2) is 14.8. The molecule has 284 valence electrons. The van der Waals surface area contributed by atoms with E-state index < -0.39 is 28.1 Å². The summed E-state index contributed by atoms with van der Waals surface area (Å²) in [6, 6.07) is 13.9. The number of hydrogen-bond donors (Lipinski definition) is 1. The number of amides is 2. The summed E-state index contributed by atoms with van der Waals surface area (Å²) in [4.78, 5) is 42.0. The van der Waals surface area contributed by atoms with Crippen molar-refractivity contribution in [2.45, 2.75) is 133 Å². The first-order valence-electron chi connectivity index (χ1n) is 20.4. The molecule has 9 heteroatoms. The van der Waals surface area contributed by atoms with E-state index in [0.717, 1.165) is 84.3 Å². The molecule has 8 rings (SSSR count). The Labute approximate surface area is 317 Å². The van der Waals surface area contributed by atoms with Crippen LogP contribution >= 0.6 is 0 Å². The van der Waals surface area contributed by atoms with Crippen molar-refractivity contribution in [3.8, 4) is 0 Å². The zero-order valence-corrected chi connectivity index (χ0v) is 31.9. The zero-order chi connectivity index (χ0) is 37.5. The third-order valence-corrected chi connectivity index (χ3v) is 13.2. The molecule has 2 spiro atoms. The number of benzene rings is 2. The minimum absolute atomic E-state index is 0.0190. The van der Waals surface area contributed by atoms with Crippen LogP contribution in [0, 0.1) is 11.6 Å². The minimum atomic E-state index is -0.969. The molecule has 0 bridgehead atoms. The summed E-state index contributed by atoms with van der Waals surface area (Å²) < 4.78 is 29.8. The third-order valence-electron chi connectivity index (χ3n) is 13.2. The normalized spacial score (nSPS) is 23.1. The Bertz CT molecular complexity index is 2040. The first-order chi connectivity index (χ1) is 26.1. The van der Waals surface area contributed by atoms with Crippen molar-refractivity contribution < 1.29 is 18.4 Å². The highest BCUT2D eigenvalue weighted by Gasteiger charge is 2.57. The quantitative estimate of drug-likeness (QED) is 0.139. The lowest BCUT2D eigenvalue weighted by Gasteiger charge is -2.57.